The van der Waals surface area contributed by atoms with Crippen molar-refractivity contribution in [2.24, 2.45) is 0 Å². The Morgan fingerprint density at radius 2 is 1.64 bits per heavy atom. The lowest BCUT2D eigenvalue weighted by atomic mass is 10.2. The Morgan fingerprint density at radius 1 is 0.857 bits per heavy atom. The van der Waals surface area contributed by atoms with Crippen molar-refractivity contribution in [2.45, 2.75) is 13.5 Å². The number of hydrogen-bond acceptors (Lipinski definition) is 7. The summed E-state index contributed by atoms with van der Waals surface area (Å²) in [6, 6.07) is 15.3. The second-order valence-electron chi connectivity index (χ2n) is 6.07. The first-order chi connectivity index (χ1) is 13.6. The van der Waals surface area contributed by atoms with Crippen molar-refractivity contribution in [1.29, 1.82) is 0 Å². The van der Waals surface area contributed by atoms with Crippen LogP contribution in [0.15, 0.2) is 48.5 Å². The van der Waals surface area contributed by atoms with Gasteiger partial charge in [0.1, 0.15) is 23.1 Å². The summed E-state index contributed by atoms with van der Waals surface area (Å²) >= 11 is 0. The molecule has 0 unspecified atom stereocenters. The number of hydrogen-bond donors (Lipinski definition) is 2. The number of anilines is 3. The summed E-state index contributed by atoms with van der Waals surface area (Å²) in [6.07, 6.45) is 0. The van der Waals surface area contributed by atoms with Crippen LogP contribution in [0.5, 0.6) is 17.2 Å². The molecule has 0 saturated carbocycles. The predicted octanol–water partition coefficient (Wildman–Crippen LogP) is 4.17. The first kappa shape index (κ1) is 19.3. The van der Waals surface area contributed by atoms with Crippen LogP contribution in [0.2, 0.25) is 0 Å². The van der Waals surface area contributed by atoms with Gasteiger partial charge in [-0.1, -0.05) is 18.2 Å². The highest BCUT2D eigenvalue weighted by molar-refractivity contribution is 5.66. The van der Waals surface area contributed by atoms with Gasteiger partial charge in [0.2, 0.25) is 5.95 Å². The maximum atomic E-state index is 5.44. The number of methoxy groups -OCH3 is 3. The van der Waals surface area contributed by atoms with E-state index in [1.54, 1.807) is 21.3 Å². The Morgan fingerprint density at radius 3 is 2.39 bits per heavy atom. The molecular formula is C21H24N4O3. The van der Waals surface area contributed by atoms with Crippen molar-refractivity contribution >= 4 is 17.5 Å². The summed E-state index contributed by atoms with van der Waals surface area (Å²) in [7, 11) is 4.90. The minimum atomic E-state index is 0.529. The molecule has 2 N–H and O–H groups in total. The molecule has 2 aromatic carbocycles. The third-order valence-corrected chi connectivity index (χ3v) is 4.16. The Kier molecular flexibility index (Phi) is 6.16. The topological polar surface area (TPSA) is 77.5 Å². The molecule has 0 bridgehead atoms. The van der Waals surface area contributed by atoms with Crippen LogP contribution < -0.4 is 24.8 Å². The molecule has 3 aromatic rings. The maximum Gasteiger partial charge on any atom is 0.225 e. The van der Waals surface area contributed by atoms with Crippen LogP contribution in [0.1, 0.15) is 11.3 Å². The lowest BCUT2D eigenvalue weighted by molar-refractivity contribution is 0.395. The van der Waals surface area contributed by atoms with Crippen LogP contribution in [0.3, 0.4) is 0 Å². The van der Waals surface area contributed by atoms with Crippen molar-refractivity contribution in [3.63, 3.8) is 0 Å². The highest BCUT2D eigenvalue weighted by Crippen LogP contribution is 2.31. The summed E-state index contributed by atoms with van der Waals surface area (Å²) in [5, 5.41) is 6.54. The van der Waals surface area contributed by atoms with Gasteiger partial charge in [-0.3, -0.25) is 0 Å². The quantitative estimate of drug-likeness (QED) is 0.607. The van der Waals surface area contributed by atoms with E-state index in [9.17, 15) is 0 Å². The third-order valence-electron chi connectivity index (χ3n) is 4.16. The van der Waals surface area contributed by atoms with E-state index in [-0.39, 0.29) is 0 Å². The van der Waals surface area contributed by atoms with E-state index in [0.717, 1.165) is 28.4 Å². The van der Waals surface area contributed by atoms with Crippen molar-refractivity contribution in [3.8, 4) is 17.2 Å². The molecule has 0 radical (unpaired) electrons. The van der Waals surface area contributed by atoms with Gasteiger partial charge in [-0.05, 0) is 25.1 Å². The Hall–Kier alpha value is -3.48. The van der Waals surface area contributed by atoms with Gasteiger partial charge in [0, 0.05) is 29.9 Å². The van der Waals surface area contributed by atoms with E-state index in [0.29, 0.717) is 24.1 Å². The van der Waals surface area contributed by atoms with E-state index in [2.05, 4.69) is 20.6 Å². The van der Waals surface area contributed by atoms with Gasteiger partial charge < -0.3 is 24.8 Å². The average Bonchev–Trinajstić information content (AvgIpc) is 2.72. The molecule has 3 rings (SSSR count). The minimum Gasteiger partial charge on any atom is -0.497 e. The number of rotatable bonds is 8. The van der Waals surface area contributed by atoms with Crippen LogP contribution in [0, 0.1) is 6.92 Å². The monoisotopic (exact) mass is 380 g/mol. The highest BCUT2D eigenvalue weighted by Gasteiger charge is 2.09. The van der Waals surface area contributed by atoms with E-state index in [4.69, 9.17) is 14.2 Å². The summed E-state index contributed by atoms with van der Waals surface area (Å²) in [5.74, 6) is 3.41. The van der Waals surface area contributed by atoms with Crippen molar-refractivity contribution in [3.05, 3.63) is 59.8 Å². The highest BCUT2D eigenvalue weighted by atomic mass is 16.5. The number of ether oxygens (including phenoxy) is 3. The van der Waals surface area contributed by atoms with Gasteiger partial charge in [0.25, 0.3) is 0 Å². The van der Waals surface area contributed by atoms with E-state index >= 15 is 0 Å². The molecule has 1 aromatic heterocycles. The second-order valence-corrected chi connectivity index (χ2v) is 6.07. The first-order valence-corrected chi connectivity index (χ1v) is 8.83. The molecule has 0 fully saturated rings. The SMILES string of the molecule is COc1ccc(Nc2cc(C)nc(NCc3ccccc3OC)n2)c(OC)c1. The maximum absolute atomic E-state index is 5.44. The summed E-state index contributed by atoms with van der Waals surface area (Å²) in [5.41, 5.74) is 2.66. The summed E-state index contributed by atoms with van der Waals surface area (Å²) in [6.45, 7) is 2.48. The molecule has 0 aliphatic rings. The van der Waals surface area contributed by atoms with Crippen molar-refractivity contribution in [1.82, 2.24) is 9.97 Å². The van der Waals surface area contributed by atoms with Gasteiger partial charge in [-0.15, -0.1) is 0 Å². The zero-order valence-corrected chi connectivity index (χ0v) is 16.4. The van der Waals surface area contributed by atoms with E-state index in [1.165, 1.54) is 0 Å². The Labute approximate surface area is 164 Å². The number of aryl methyl sites for hydroxylation is 1. The van der Waals surface area contributed by atoms with Crippen LogP contribution in [0.4, 0.5) is 17.5 Å². The molecule has 0 spiro atoms. The standard InChI is InChI=1S/C21H24N4O3/c1-14-11-20(24-17-10-9-16(26-2)12-19(17)28-4)25-21(23-14)22-13-15-7-5-6-8-18(15)27-3/h5-12H,13H2,1-4H3,(H2,22,23,24,25). The summed E-state index contributed by atoms with van der Waals surface area (Å²) < 4.78 is 16.1. The molecule has 0 aliphatic carbocycles. The van der Waals surface area contributed by atoms with Crippen molar-refractivity contribution < 1.29 is 14.2 Å². The molecular weight excluding hydrogens is 356 g/mol. The number of aromatic nitrogens is 2. The van der Waals surface area contributed by atoms with E-state index in [1.807, 2.05) is 55.5 Å². The fourth-order valence-corrected chi connectivity index (χ4v) is 2.77. The smallest absolute Gasteiger partial charge is 0.225 e. The van der Waals surface area contributed by atoms with E-state index < -0.39 is 0 Å². The van der Waals surface area contributed by atoms with Gasteiger partial charge in [-0.25, -0.2) is 4.98 Å². The van der Waals surface area contributed by atoms with Gasteiger partial charge in [0.05, 0.1) is 27.0 Å². The van der Waals surface area contributed by atoms with Crippen LogP contribution in [-0.4, -0.2) is 31.3 Å². The molecule has 146 valence electrons. The average molecular weight is 380 g/mol. The number of nitrogens with one attached hydrogen (secondary N) is 2. The normalized spacial score (nSPS) is 10.3. The summed E-state index contributed by atoms with van der Waals surface area (Å²) in [4.78, 5) is 9.02. The Balaban J connectivity index is 1.78. The van der Waals surface area contributed by atoms with Crippen LogP contribution in [0.25, 0.3) is 0 Å². The number of nitrogens with zero attached hydrogens (tertiary/aromatic N) is 2. The predicted molar refractivity (Wildman–Crippen MR) is 110 cm³/mol. The van der Waals surface area contributed by atoms with Gasteiger partial charge >= 0.3 is 0 Å². The largest absolute Gasteiger partial charge is 0.497 e. The molecule has 28 heavy (non-hydrogen) atoms. The van der Waals surface area contributed by atoms with Crippen LogP contribution >= 0.6 is 0 Å². The number of para-hydroxylation sites is 1. The van der Waals surface area contributed by atoms with Crippen molar-refractivity contribution in [2.75, 3.05) is 32.0 Å². The molecule has 0 aliphatic heterocycles. The molecule has 7 heteroatoms. The molecule has 0 saturated heterocycles. The van der Waals surface area contributed by atoms with Gasteiger partial charge in [-0.2, -0.15) is 4.98 Å². The Bertz CT molecular complexity index is 947. The third kappa shape index (κ3) is 4.62. The van der Waals surface area contributed by atoms with Crippen LogP contribution in [-0.2, 0) is 6.54 Å². The fraction of sp³-hybridized carbons (Fsp3) is 0.238. The lowest BCUT2D eigenvalue weighted by Crippen LogP contribution is -2.07. The first-order valence-electron chi connectivity index (χ1n) is 8.83. The molecule has 7 nitrogen and oxygen atoms in total. The molecule has 0 amide bonds. The van der Waals surface area contributed by atoms with Gasteiger partial charge in [0.15, 0.2) is 0 Å². The lowest BCUT2D eigenvalue weighted by Gasteiger charge is -2.14. The second kappa shape index (κ2) is 8.94. The number of benzene rings is 2. The zero-order valence-electron chi connectivity index (χ0n) is 16.4. The fourth-order valence-electron chi connectivity index (χ4n) is 2.77. The molecule has 1 heterocycles. The molecule has 0 atom stereocenters. The zero-order chi connectivity index (χ0) is 19.9. The minimum absolute atomic E-state index is 0.529.